The number of urea groups is 1. The van der Waals surface area contributed by atoms with E-state index in [0.717, 1.165) is 23.1 Å². The van der Waals surface area contributed by atoms with Crippen molar-refractivity contribution in [2.75, 3.05) is 17.2 Å². The van der Waals surface area contributed by atoms with Crippen LogP contribution in [0.25, 0.3) is 11.0 Å². The van der Waals surface area contributed by atoms with Crippen LogP contribution in [0.1, 0.15) is 18.2 Å². The van der Waals surface area contributed by atoms with Crippen LogP contribution >= 0.6 is 23.2 Å². The number of rotatable bonds is 7. The molecular formula is C25H23Cl2N5O2. The second-order valence-electron chi connectivity index (χ2n) is 7.62. The Hall–Kier alpha value is -3.39. The van der Waals surface area contributed by atoms with Gasteiger partial charge in [0.1, 0.15) is 5.69 Å². The summed E-state index contributed by atoms with van der Waals surface area (Å²) in [4.78, 5) is 30.0. The topological polar surface area (TPSA) is 88.1 Å². The zero-order chi connectivity index (χ0) is 24.1. The molecule has 0 spiro atoms. The molecule has 174 valence electrons. The van der Waals surface area contributed by atoms with E-state index < -0.39 is 6.03 Å². The molecule has 0 bridgehead atoms. The molecule has 2 amide bonds. The fourth-order valence-electron chi connectivity index (χ4n) is 3.50. The van der Waals surface area contributed by atoms with E-state index in [-0.39, 0.29) is 5.56 Å². The number of fused-ring (bicyclic) bond motifs is 1. The van der Waals surface area contributed by atoms with E-state index >= 15 is 0 Å². The molecule has 9 heteroatoms. The number of aromatic nitrogens is 2. The fraction of sp³-hybridized carbons (Fsp3) is 0.160. The van der Waals surface area contributed by atoms with Gasteiger partial charge < -0.3 is 20.5 Å². The molecule has 7 nitrogen and oxygen atoms in total. The molecule has 0 radical (unpaired) electrons. The smallest absolute Gasteiger partial charge is 0.311 e. The number of hydrogen-bond acceptors (Lipinski definition) is 4. The highest BCUT2D eigenvalue weighted by Crippen LogP contribution is 2.25. The number of hydrogen-bond donors (Lipinski definition) is 3. The molecule has 34 heavy (non-hydrogen) atoms. The van der Waals surface area contributed by atoms with Gasteiger partial charge in [-0.05, 0) is 54.6 Å². The number of amides is 2. The third kappa shape index (κ3) is 5.56. The van der Waals surface area contributed by atoms with Crippen LogP contribution in [0.15, 0.2) is 71.5 Å². The van der Waals surface area contributed by atoms with Gasteiger partial charge in [-0.2, -0.15) is 0 Å². The molecule has 0 saturated carbocycles. The van der Waals surface area contributed by atoms with Crippen molar-refractivity contribution in [1.82, 2.24) is 14.9 Å². The van der Waals surface area contributed by atoms with Gasteiger partial charge in [0.2, 0.25) is 0 Å². The zero-order valence-electron chi connectivity index (χ0n) is 18.4. The molecule has 0 fully saturated rings. The summed E-state index contributed by atoms with van der Waals surface area (Å²) in [6.45, 7) is 3.54. The lowest BCUT2D eigenvalue weighted by Gasteiger charge is -2.13. The van der Waals surface area contributed by atoms with Gasteiger partial charge in [-0.1, -0.05) is 54.4 Å². The summed E-state index contributed by atoms with van der Waals surface area (Å²) in [7, 11) is 0. The Labute approximate surface area is 206 Å². The van der Waals surface area contributed by atoms with Crippen molar-refractivity contribution in [3.63, 3.8) is 0 Å². The minimum atomic E-state index is -0.407. The number of carbonyl (C=O) groups is 1. The molecule has 0 aliphatic rings. The van der Waals surface area contributed by atoms with E-state index in [0.29, 0.717) is 40.2 Å². The average Bonchev–Trinajstić information content (AvgIpc) is 2.83. The number of carbonyl (C=O) groups excluding carboxylic acids is 1. The largest absolute Gasteiger partial charge is 0.323 e. The lowest BCUT2D eigenvalue weighted by Crippen LogP contribution is -2.29. The van der Waals surface area contributed by atoms with Crippen molar-refractivity contribution in [3.05, 3.63) is 98.4 Å². The Kier molecular flexibility index (Phi) is 7.47. The first kappa shape index (κ1) is 23.8. The summed E-state index contributed by atoms with van der Waals surface area (Å²) >= 11 is 11.9. The number of nitrogens with zero attached hydrogens (tertiary/aromatic N) is 2. The van der Waals surface area contributed by atoms with Crippen LogP contribution in [-0.4, -0.2) is 22.1 Å². The molecule has 0 aliphatic carbocycles. The molecule has 3 aromatic carbocycles. The summed E-state index contributed by atoms with van der Waals surface area (Å²) in [5.74, 6) is 0. The van der Waals surface area contributed by atoms with Crippen molar-refractivity contribution in [1.29, 1.82) is 0 Å². The second kappa shape index (κ2) is 10.7. The normalized spacial score (nSPS) is 10.9. The number of para-hydroxylation sites is 2. The minimum absolute atomic E-state index is 0.122. The van der Waals surface area contributed by atoms with E-state index in [1.54, 1.807) is 34.9 Å². The number of anilines is 2. The quantitative estimate of drug-likeness (QED) is 0.315. The monoisotopic (exact) mass is 495 g/mol. The zero-order valence-corrected chi connectivity index (χ0v) is 20.0. The third-order valence-corrected chi connectivity index (χ3v) is 5.93. The highest BCUT2D eigenvalue weighted by molar-refractivity contribution is 6.42. The number of benzene rings is 3. The Morgan fingerprint density at radius 2 is 1.65 bits per heavy atom. The molecule has 4 aromatic rings. The van der Waals surface area contributed by atoms with Gasteiger partial charge in [0.05, 0.1) is 27.6 Å². The Morgan fingerprint density at radius 3 is 2.38 bits per heavy atom. The van der Waals surface area contributed by atoms with Crippen molar-refractivity contribution >= 4 is 51.6 Å². The van der Waals surface area contributed by atoms with Crippen molar-refractivity contribution in [2.45, 2.75) is 20.0 Å². The molecular weight excluding hydrogens is 473 g/mol. The first-order valence-corrected chi connectivity index (χ1v) is 11.5. The van der Waals surface area contributed by atoms with E-state index in [2.05, 4.69) is 20.9 Å². The number of nitrogens with one attached hydrogen (secondary N) is 3. The van der Waals surface area contributed by atoms with Crippen LogP contribution in [0, 0.1) is 0 Å². The van der Waals surface area contributed by atoms with Crippen LogP contribution < -0.4 is 21.5 Å². The Balaban J connectivity index is 1.50. The fourth-order valence-corrected chi connectivity index (χ4v) is 3.80. The standard InChI is InChI=1S/C25H23Cl2N5O2/c1-2-28-14-22-24(33)32(23-6-4-3-5-21(23)31-22)15-16-7-9-17(10-8-16)29-25(34)30-18-11-12-19(26)20(27)13-18/h3-13,28H,2,14-15H2,1H3,(H2,29,30,34). The molecule has 3 N–H and O–H groups in total. The van der Waals surface area contributed by atoms with E-state index in [4.69, 9.17) is 23.2 Å². The second-order valence-corrected chi connectivity index (χ2v) is 8.44. The molecule has 0 atom stereocenters. The highest BCUT2D eigenvalue weighted by atomic mass is 35.5. The van der Waals surface area contributed by atoms with Crippen molar-refractivity contribution in [3.8, 4) is 0 Å². The van der Waals surface area contributed by atoms with Crippen LogP contribution in [0.5, 0.6) is 0 Å². The maximum atomic E-state index is 13.1. The van der Waals surface area contributed by atoms with Gasteiger partial charge in [0.25, 0.3) is 5.56 Å². The van der Waals surface area contributed by atoms with Gasteiger partial charge in [0.15, 0.2) is 0 Å². The summed E-state index contributed by atoms with van der Waals surface area (Å²) in [6, 6.07) is 19.4. The molecule has 0 saturated heterocycles. The maximum Gasteiger partial charge on any atom is 0.323 e. The van der Waals surface area contributed by atoms with Crippen LogP contribution in [-0.2, 0) is 13.1 Å². The lowest BCUT2D eigenvalue weighted by atomic mass is 10.2. The molecule has 0 unspecified atom stereocenters. The van der Waals surface area contributed by atoms with Gasteiger partial charge in [0, 0.05) is 17.9 Å². The first-order valence-electron chi connectivity index (χ1n) is 10.8. The Morgan fingerprint density at radius 1 is 0.941 bits per heavy atom. The lowest BCUT2D eigenvalue weighted by molar-refractivity contribution is 0.262. The van der Waals surface area contributed by atoms with Crippen LogP contribution in [0.4, 0.5) is 16.2 Å². The first-order chi connectivity index (χ1) is 16.4. The highest BCUT2D eigenvalue weighted by Gasteiger charge is 2.11. The molecule has 4 rings (SSSR count). The Bertz CT molecular complexity index is 1390. The van der Waals surface area contributed by atoms with Crippen LogP contribution in [0.2, 0.25) is 10.0 Å². The summed E-state index contributed by atoms with van der Waals surface area (Å²) < 4.78 is 1.73. The van der Waals surface area contributed by atoms with Gasteiger partial charge >= 0.3 is 6.03 Å². The average molecular weight is 496 g/mol. The predicted molar refractivity (Wildman–Crippen MR) is 138 cm³/mol. The predicted octanol–water partition coefficient (Wildman–Crippen LogP) is 5.51. The third-order valence-electron chi connectivity index (χ3n) is 5.19. The minimum Gasteiger partial charge on any atom is -0.311 e. The number of halogens is 2. The van der Waals surface area contributed by atoms with Crippen LogP contribution in [0.3, 0.4) is 0 Å². The van der Waals surface area contributed by atoms with Gasteiger partial charge in [-0.25, -0.2) is 9.78 Å². The maximum absolute atomic E-state index is 13.1. The molecule has 0 aliphatic heterocycles. The van der Waals surface area contributed by atoms with Gasteiger partial charge in [-0.15, -0.1) is 0 Å². The van der Waals surface area contributed by atoms with Crippen molar-refractivity contribution in [2.24, 2.45) is 0 Å². The summed E-state index contributed by atoms with van der Waals surface area (Å²) in [6.07, 6.45) is 0. The van der Waals surface area contributed by atoms with E-state index in [1.165, 1.54) is 0 Å². The van der Waals surface area contributed by atoms with E-state index in [1.807, 2.05) is 43.3 Å². The van der Waals surface area contributed by atoms with Gasteiger partial charge in [-0.3, -0.25) is 4.79 Å². The van der Waals surface area contributed by atoms with Crippen molar-refractivity contribution < 1.29 is 4.79 Å². The molecule has 1 heterocycles. The van der Waals surface area contributed by atoms with E-state index in [9.17, 15) is 9.59 Å². The SMILES string of the molecule is CCNCc1nc2ccccc2n(Cc2ccc(NC(=O)Nc3ccc(Cl)c(Cl)c3)cc2)c1=O. The summed E-state index contributed by atoms with van der Waals surface area (Å²) in [5, 5.41) is 9.43. The molecule has 1 aromatic heterocycles. The summed E-state index contributed by atoms with van der Waals surface area (Å²) in [5.41, 5.74) is 3.97.